The Hall–Kier alpha value is -2.35. The summed E-state index contributed by atoms with van der Waals surface area (Å²) in [7, 11) is 3.51. The predicted octanol–water partition coefficient (Wildman–Crippen LogP) is 3.24. The second-order valence-corrected chi connectivity index (χ2v) is 6.85. The van der Waals surface area contributed by atoms with E-state index in [2.05, 4.69) is 20.9 Å². The van der Waals surface area contributed by atoms with Crippen molar-refractivity contribution in [1.82, 2.24) is 14.5 Å². The van der Waals surface area contributed by atoms with E-state index in [1.165, 1.54) is 9.80 Å². The number of imidazole rings is 1. The predicted molar refractivity (Wildman–Crippen MR) is 96.5 cm³/mol. The van der Waals surface area contributed by atoms with Crippen molar-refractivity contribution in [1.29, 1.82) is 0 Å². The fourth-order valence-electron chi connectivity index (χ4n) is 2.88. The van der Waals surface area contributed by atoms with Crippen LogP contribution in [0.1, 0.15) is 17.0 Å². The van der Waals surface area contributed by atoms with E-state index in [0.717, 1.165) is 21.4 Å². The molecule has 0 saturated heterocycles. The van der Waals surface area contributed by atoms with Crippen LogP contribution in [0.5, 0.6) is 0 Å². The molecule has 0 N–H and O–H groups in total. The first-order valence-electron chi connectivity index (χ1n) is 7.87. The van der Waals surface area contributed by atoms with Gasteiger partial charge in [0.15, 0.2) is 0 Å². The Morgan fingerprint density at radius 1 is 1.36 bits per heavy atom. The van der Waals surface area contributed by atoms with Gasteiger partial charge in [0.05, 0.1) is 24.3 Å². The summed E-state index contributed by atoms with van der Waals surface area (Å²) in [5.41, 5.74) is 3.52. The number of ether oxygens (including phenoxy) is 1. The number of amides is 2. The van der Waals surface area contributed by atoms with Crippen LogP contribution in [0.4, 0.5) is 15.3 Å². The lowest BCUT2D eigenvalue weighted by atomic mass is 10.1. The molecule has 0 aliphatic carbocycles. The summed E-state index contributed by atoms with van der Waals surface area (Å²) in [6.45, 7) is 2.73. The number of carbonyl (C=O) groups excluding carboxylic acids is 2. The van der Waals surface area contributed by atoms with E-state index in [0.29, 0.717) is 25.2 Å². The largest absolute Gasteiger partial charge is 0.423 e. The van der Waals surface area contributed by atoms with Gasteiger partial charge in [-0.1, -0.05) is 22.0 Å². The number of anilines is 1. The SMILES string of the molecule is Cc1c(Br)cccc1N(C)C(=O)OC(=O)N1CCc2c(ncn2C)C1. The van der Waals surface area contributed by atoms with Crippen molar-refractivity contribution in [2.45, 2.75) is 19.9 Å². The Morgan fingerprint density at radius 3 is 2.88 bits per heavy atom. The molecule has 132 valence electrons. The number of aryl methyl sites for hydroxylation is 1. The average molecular weight is 407 g/mol. The van der Waals surface area contributed by atoms with Crippen molar-refractivity contribution in [2.75, 3.05) is 18.5 Å². The number of benzene rings is 1. The number of aromatic nitrogens is 2. The summed E-state index contributed by atoms with van der Waals surface area (Å²) < 4.78 is 7.88. The molecule has 2 amide bonds. The maximum Gasteiger partial charge on any atom is 0.423 e. The molecule has 0 bridgehead atoms. The van der Waals surface area contributed by atoms with E-state index >= 15 is 0 Å². The Labute approximate surface area is 154 Å². The van der Waals surface area contributed by atoms with Gasteiger partial charge in [0.25, 0.3) is 0 Å². The first kappa shape index (κ1) is 17.5. The minimum Gasteiger partial charge on any atom is -0.359 e. The van der Waals surface area contributed by atoms with Crippen LogP contribution in [0.15, 0.2) is 29.0 Å². The van der Waals surface area contributed by atoms with Crippen molar-refractivity contribution in [3.63, 3.8) is 0 Å². The number of carbonyl (C=O) groups is 2. The molecular weight excluding hydrogens is 388 g/mol. The van der Waals surface area contributed by atoms with E-state index in [1.807, 2.05) is 30.7 Å². The molecular formula is C17H19BrN4O3. The number of fused-ring (bicyclic) bond motifs is 1. The highest BCUT2D eigenvalue weighted by Crippen LogP contribution is 2.26. The molecule has 0 saturated carbocycles. The third-order valence-electron chi connectivity index (χ3n) is 4.41. The monoisotopic (exact) mass is 406 g/mol. The van der Waals surface area contributed by atoms with Crippen LogP contribution in [0.25, 0.3) is 0 Å². The van der Waals surface area contributed by atoms with Crippen molar-refractivity contribution >= 4 is 33.8 Å². The van der Waals surface area contributed by atoms with Crippen LogP contribution in [-0.4, -0.2) is 40.2 Å². The van der Waals surface area contributed by atoms with E-state index in [4.69, 9.17) is 4.74 Å². The molecule has 0 atom stereocenters. The van der Waals surface area contributed by atoms with Crippen LogP contribution in [0.3, 0.4) is 0 Å². The molecule has 1 aromatic heterocycles. The number of halogens is 1. The average Bonchev–Trinajstić information content (AvgIpc) is 2.97. The third-order valence-corrected chi connectivity index (χ3v) is 5.27. The van der Waals surface area contributed by atoms with Gasteiger partial charge in [0.1, 0.15) is 0 Å². The van der Waals surface area contributed by atoms with Crippen LogP contribution in [0, 0.1) is 6.92 Å². The molecule has 1 aliphatic heterocycles. The Balaban J connectivity index is 1.67. The fraction of sp³-hybridized carbons (Fsp3) is 0.353. The minimum atomic E-state index is -0.710. The molecule has 1 aliphatic rings. The van der Waals surface area contributed by atoms with Gasteiger partial charge in [-0.05, 0) is 24.6 Å². The molecule has 1 aromatic carbocycles. The maximum absolute atomic E-state index is 12.3. The van der Waals surface area contributed by atoms with Crippen molar-refractivity contribution < 1.29 is 14.3 Å². The standard InChI is InChI=1S/C17H19BrN4O3/c1-11-12(18)5-4-6-14(11)21(3)16(23)25-17(24)22-8-7-15-13(9-22)19-10-20(15)2/h4-6,10H,7-9H2,1-3H3. The van der Waals surface area contributed by atoms with Crippen molar-refractivity contribution in [2.24, 2.45) is 7.05 Å². The molecule has 8 heteroatoms. The van der Waals surface area contributed by atoms with Gasteiger partial charge in [-0.15, -0.1) is 0 Å². The number of nitrogens with zero attached hydrogens (tertiary/aromatic N) is 4. The van der Waals surface area contributed by atoms with Crippen molar-refractivity contribution in [3.8, 4) is 0 Å². The number of hydrogen-bond donors (Lipinski definition) is 0. The number of hydrogen-bond acceptors (Lipinski definition) is 4. The van der Waals surface area contributed by atoms with Gasteiger partial charge in [-0.25, -0.2) is 14.6 Å². The zero-order chi connectivity index (χ0) is 18.1. The fourth-order valence-corrected chi connectivity index (χ4v) is 3.23. The molecule has 0 radical (unpaired) electrons. The summed E-state index contributed by atoms with van der Waals surface area (Å²) in [5.74, 6) is 0. The molecule has 0 fully saturated rings. The highest BCUT2D eigenvalue weighted by molar-refractivity contribution is 9.10. The molecule has 0 unspecified atom stereocenters. The molecule has 7 nitrogen and oxygen atoms in total. The van der Waals surface area contributed by atoms with E-state index in [9.17, 15) is 9.59 Å². The normalized spacial score (nSPS) is 13.4. The summed E-state index contributed by atoms with van der Waals surface area (Å²) in [5, 5.41) is 0. The van der Waals surface area contributed by atoms with Crippen molar-refractivity contribution in [3.05, 3.63) is 46.0 Å². The first-order valence-corrected chi connectivity index (χ1v) is 8.66. The highest BCUT2D eigenvalue weighted by atomic mass is 79.9. The minimum absolute atomic E-state index is 0.349. The zero-order valence-corrected chi connectivity index (χ0v) is 15.9. The lowest BCUT2D eigenvalue weighted by molar-refractivity contribution is 0.116. The van der Waals surface area contributed by atoms with Gasteiger partial charge in [-0.3, -0.25) is 4.90 Å². The Morgan fingerprint density at radius 2 is 2.12 bits per heavy atom. The summed E-state index contributed by atoms with van der Waals surface area (Å²) in [4.78, 5) is 31.8. The Bertz CT molecular complexity index is 833. The lowest BCUT2D eigenvalue weighted by Gasteiger charge is -2.26. The molecule has 2 heterocycles. The van der Waals surface area contributed by atoms with Crippen LogP contribution in [0.2, 0.25) is 0 Å². The van der Waals surface area contributed by atoms with E-state index in [1.54, 1.807) is 19.4 Å². The first-order chi connectivity index (χ1) is 11.9. The zero-order valence-electron chi connectivity index (χ0n) is 14.3. The van der Waals surface area contributed by atoms with E-state index < -0.39 is 12.2 Å². The second-order valence-electron chi connectivity index (χ2n) is 6.00. The highest BCUT2D eigenvalue weighted by Gasteiger charge is 2.27. The summed E-state index contributed by atoms with van der Waals surface area (Å²) in [6.07, 6.45) is 1.06. The van der Waals surface area contributed by atoms with Crippen LogP contribution >= 0.6 is 15.9 Å². The van der Waals surface area contributed by atoms with Gasteiger partial charge in [0.2, 0.25) is 0 Å². The molecule has 0 spiro atoms. The van der Waals surface area contributed by atoms with Crippen LogP contribution in [-0.2, 0) is 24.8 Å². The third kappa shape index (κ3) is 3.39. The van der Waals surface area contributed by atoms with Gasteiger partial charge < -0.3 is 14.2 Å². The summed E-state index contributed by atoms with van der Waals surface area (Å²) >= 11 is 3.43. The maximum atomic E-state index is 12.3. The van der Waals surface area contributed by atoms with E-state index in [-0.39, 0.29) is 0 Å². The molecule has 25 heavy (non-hydrogen) atoms. The smallest absolute Gasteiger partial charge is 0.359 e. The topological polar surface area (TPSA) is 67.7 Å². The Kier molecular flexibility index (Phi) is 4.80. The van der Waals surface area contributed by atoms with Gasteiger partial charge in [0, 0.05) is 37.2 Å². The molecule has 2 aromatic rings. The quantitative estimate of drug-likeness (QED) is 0.681. The van der Waals surface area contributed by atoms with Gasteiger partial charge in [-0.2, -0.15) is 0 Å². The van der Waals surface area contributed by atoms with Gasteiger partial charge >= 0.3 is 12.2 Å². The summed E-state index contributed by atoms with van der Waals surface area (Å²) in [6, 6.07) is 5.51. The van der Waals surface area contributed by atoms with Crippen LogP contribution < -0.4 is 4.90 Å². The number of rotatable bonds is 1. The second kappa shape index (κ2) is 6.87. The lowest BCUT2D eigenvalue weighted by Crippen LogP contribution is -2.40. The molecule has 3 rings (SSSR count).